The molecule has 0 aliphatic heterocycles. The first kappa shape index (κ1) is 21.6. The van der Waals surface area contributed by atoms with Crippen molar-refractivity contribution in [2.24, 2.45) is 0 Å². The molecule has 0 N–H and O–H groups in total. The van der Waals surface area contributed by atoms with Crippen LogP contribution in [0.15, 0.2) is 58.6 Å². The van der Waals surface area contributed by atoms with E-state index in [4.69, 9.17) is 14.0 Å². The Morgan fingerprint density at radius 2 is 1.94 bits per heavy atom. The minimum atomic E-state index is -0.770. The maximum atomic E-state index is 12.3. The largest absolute Gasteiger partial charge is 0.493 e. The van der Waals surface area contributed by atoms with Gasteiger partial charge in [-0.15, -0.1) is 0 Å². The monoisotopic (exact) mass is 418 g/mol. The van der Waals surface area contributed by atoms with E-state index in [-0.39, 0.29) is 18.1 Å². The van der Waals surface area contributed by atoms with Gasteiger partial charge < -0.3 is 18.9 Å². The third-order valence-electron chi connectivity index (χ3n) is 4.28. The van der Waals surface area contributed by atoms with Gasteiger partial charge in [-0.05, 0) is 42.8 Å². The van der Waals surface area contributed by atoms with Crippen molar-refractivity contribution in [2.75, 3.05) is 25.6 Å². The number of nitrogens with zero attached hydrogens (tertiary/aromatic N) is 4. The van der Waals surface area contributed by atoms with Gasteiger partial charge in [0.05, 0.1) is 12.2 Å². The second-order valence-electron chi connectivity index (χ2n) is 6.67. The molecule has 3 aromatic rings. The molecule has 0 aliphatic rings. The van der Waals surface area contributed by atoms with Crippen LogP contribution in [0.4, 0.5) is 5.69 Å². The standard InChI is InChI=1S/C23H22N4O4/c1-4-29-20-8-6-5-7-19(20)22-25-21(31-26-22)15-30-23(28)17(14-24)13-16-9-11-18(12-10-16)27(2)3/h5-13H,4,15H2,1-3H3/b17-13+. The van der Waals surface area contributed by atoms with E-state index in [1.54, 1.807) is 0 Å². The molecule has 0 aliphatic carbocycles. The molecule has 158 valence electrons. The summed E-state index contributed by atoms with van der Waals surface area (Å²) in [5, 5.41) is 13.3. The number of esters is 1. The van der Waals surface area contributed by atoms with Crippen molar-refractivity contribution < 1.29 is 18.8 Å². The summed E-state index contributed by atoms with van der Waals surface area (Å²) < 4.78 is 15.9. The number of carbonyl (C=O) groups excluding carboxylic acids is 1. The molecule has 0 amide bonds. The van der Waals surface area contributed by atoms with Gasteiger partial charge in [-0.2, -0.15) is 10.2 Å². The second kappa shape index (κ2) is 10.1. The molecule has 0 saturated heterocycles. The Morgan fingerprint density at radius 3 is 2.61 bits per heavy atom. The molecule has 31 heavy (non-hydrogen) atoms. The molecule has 1 heterocycles. The third-order valence-corrected chi connectivity index (χ3v) is 4.28. The summed E-state index contributed by atoms with van der Waals surface area (Å²) in [6.07, 6.45) is 1.47. The number of hydrogen-bond donors (Lipinski definition) is 0. The highest BCUT2D eigenvalue weighted by molar-refractivity contribution is 5.97. The van der Waals surface area contributed by atoms with E-state index in [1.807, 2.05) is 80.5 Å². The highest BCUT2D eigenvalue weighted by atomic mass is 16.6. The molecule has 0 unspecified atom stereocenters. The van der Waals surface area contributed by atoms with Crippen molar-refractivity contribution in [1.82, 2.24) is 10.1 Å². The predicted octanol–water partition coefficient (Wildman–Crippen LogP) is 3.85. The van der Waals surface area contributed by atoms with E-state index in [0.717, 1.165) is 5.69 Å². The van der Waals surface area contributed by atoms with Crippen LogP contribution < -0.4 is 9.64 Å². The Kier molecular flexibility index (Phi) is 7.01. The van der Waals surface area contributed by atoms with Crippen molar-refractivity contribution in [3.8, 4) is 23.2 Å². The third kappa shape index (κ3) is 5.48. The van der Waals surface area contributed by atoms with Crippen molar-refractivity contribution >= 4 is 17.7 Å². The minimum Gasteiger partial charge on any atom is -0.493 e. The average molecular weight is 418 g/mol. The molecule has 1 aromatic heterocycles. The van der Waals surface area contributed by atoms with Gasteiger partial charge >= 0.3 is 5.97 Å². The quantitative estimate of drug-likeness (QED) is 0.309. The molecule has 2 aromatic carbocycles. The van der Waals surface area contributed by atoms with Crippen LogP contribution in [0.3, 0.4) is 0 Å². The number of aromatic nitrogens is 2. The first-order chi connectivity index (χ1) is 15.0. The number of anilines is 1. The smallest absolute Gasteiger partial charge is 0.349 e. The molecule has 0 spiro atoms. The topological polar surface area (TPSA) is 101 Å². The van der Waals surface area contributed by atoms with Gasteiger partial charge in [0.2, 0.25) is 5.82 Å². The highest BCUT2D eigenvalue weighted by Gasteiger charge is 2.16. The van der Waals surface area contributed by atoms with Crippen molar-refractivity contribution in [2.45, 2.75) is 13.5 Å². The summed E-state index contributed by atoms with van der Waals surface area (Å²) >= 11 is 0. The van der Waals surface area contributed by atoms with E-state index in [9.17, 15) is 10.1 Å². The lowest BCUT2D eigenvalue weighted by atomic mass is 10.1. The Hall–Kier alpha value is -4.12. The predicted molar refractivity (Wildman–Crippen MR) is 115 cm³/mol. The number of para-hydroxylation sites is 1. The van der Waals surface area contributed by atoms with Crippen molar-refractivity contribution in [3.63, 3.8) is 0 Å². The minimum absolute atomic E-state index is 0.113. The molecule has 0 saturated carbocycles. The normalized spacial score (nSPS) is 11.0. The maximum Gasteiger partial charge on any atom is 0.349 e. The highest BCUT2D eigenvalue weighted by Crippen LogP contribution is 2.27. The molecule has 3 rings (SSSR count). The lowest BCUT2D eigenvalue weighted by Crippen LogP contribution is -2.08. The SMILES string of the molecule is CCOc1ccccc1-c1noc(COC(=O)/C(C#N)=C/c2ccc(N(C)C)cc2)n1. The Morgan fingerprint density at radius 1 is 1.19 bits per heavy atom. The van der Waals surface area contributed by atoms with Crippen LogP contribution in [0.2, 0.25) is 0 Å². The molecule has 0 bridgehead atoms. The maximum absolute atomic E-state index is 12.3. The fourth-order valence-electron chi connectivity index (χ4n) is 2.73. The molecule has 8 nitrogen and oxygen atoms in total. The lowest BCUT2D eigenvalue weighted by Gasteiger charge is -2.11. The summed E-state index contributed by atoms with van der Waals surface area (Å²) in [5.74, 6) is 0.299. The molecule has 8 heteroatoms. The first-order valence-corrected chi connectivity index (χ1v) is 9.63. The van der Waals surface area contributed by atoms with E-state index < -0.39 is 5.97 Å². The van der Waals surface area contributed by atoms with Crippen LogP contribution in [0.1, 0.15) is 18.4 Å². The fraction of sp³-hybridized carbons (Fsp3) is 0.217. The van der Waals surface area contributed by atoms with Crippen molar-refractivity contribution in [3.05, 3.63) is 65.6 Å². The summed E-state index contributed by atoms with van der Waals surface area (Å²) in [6, 6.07) is 16.6. The van der Waals surface area contributed by atoms with Gasteiger partial charge in [-0.25, -0.2) is 4.79 Å². The van der Waals surface area contributed by atoms with E-state index >= 15 is 0 Å². The number of nitriles is 1. The van der Waals surface area contributed by atoms with Crippen LogP contribution in [0, 0.1) is 11.3 Å². The van der Waals surface area contributed by atoms with Gasteiger partial charge in [0.15, 0.2) is 6.61 Å². The lowest BCUT2D eigenvalue weighted by molar-refractivity contribution is -0.140. The zero-order valence-corrected chi connectivity index (χ0v) is 17.5. The summed E-state index contributed by atoms with van der Waals surface area (Å²) in [7, 11) is 3.86. The summed E-state index contributed by atoms with van der Waals surface area (Å²) in [4.78, 5) is 18.5. The van der Waals surface area contributed by atoms with Crippen LogP contribution in [0.5, 0.6) is 5.75 Å². The van der Waals surface area contributed by atoms with E-state index in [2.05, 4.69) is 10.1 Å². The fourth-order valence-corrected chi connectivity index (χ4v) is 2.73. The summed E-state index contributed by atoms with van der Waals surface area (Å²) in [5.41, 5.74) is 2.27. The second-order valence-corrected chi connectivity index (χ2v) is 6.67. The average Bonchev–Trinajstić information content (AvgIpc) is 3.25. The molecule has 0 radical (unpaired) electrons. The van der Waals surface area contributed by atoms with E-state index in [0.29, 0.717) is 29.3 Å². The Bertz CT molecular complexity index is 1110. The Labute approximate surface area is 180 Å². The Balaban J connectivity index is 1.67. The van der Waals surface area contributed by atoms with Crippen LogP contribution in [-0.4, -0.2) is 36.8 Å². The van der Waals surface area contributed by atoms with Gasteiger partial charge in [0.25, 0.3) is 5.89 Å². The van der Waals surface area contributed by atoms with Gasteiger partial charge in [-0.1, -0.05) is 29.4 Å². The summed E-state index contributed by atoms with van der Waals surface area (Å²) in [6.45, 7) is 2.14. The van der Waals surface area contributed by atoms with Crippen LogP contribution in [0.25, 0.3) is 17.5 Å². The zero-order valence-electron chi connectivity index (χ0n) is 17.5. The molecular weight excluding hydrogens is 396 g/mol. The first-order valence-electron chi connectivity index (χ1n) is 9.63. The van der Waals surface area contributed by atoms with Gasteiger partial charge in [0.1, 0.15) is 17.4 Å². The number of rotatable bonds is 8. The van der Waals surface area contributed by atoms with Gasteiger partial charge in [0, 0.05) is 19.8 Å². The van der Waals surface area contributed by atoms with Gasteiger partial charge in [-0.3, -0.25) is 0 Å². The number of carbonyl (C=O) groups is 1. The molecule has 0 atom stereocenters. The van der Waals surface area contributed by atoms with Crippen LogP contribution >= 0.6 is 0 Å². The molecule has 0 fully saturated rings. The van der Waals surface area contributed by atoms with Crippen LogP contribution in [-0.2, 0) is 16.1 Å². The number of benzene rings is 2. The van der Waals surface area contributed by atoms with Crippen molar-refractivity contribution in [1.29, 1.82) is 5.26 Å². The zero-order chi connectivity index (χ0) is 22.2. The number of hydrogen-bond acceptors (Lipinski definition) is 8. The molecular formula is C23H22N4O4. The number of ether oxygens (including phenoxy) is 2. The van der Waals surface area contributed by atoms with E-state index in [1.165, 1.54) is 6.08 Å².